The molecule has 0 bridgehead atoms. The first-order chi connectivity index (χ1) is 15.2. The Morgan fingerprint density at radius 2 is 1.38 bits per heavy atom. The number of hydrogen-bond acceptors (Lipinski definition) is 9. The van der Waals surface area contributed by atoms with Crippen LogP contribution in [0.4, 0.5) is 5.69 Å². The molecule has 0 amide bonds. The number of carbonyl (C=O) groups is 4. The molecule has 0 saturated carbocycles. The number of esters is 4. The second-order valence-electron chi connectivity index (χ2n) is 7.32. The van der Waals surface area contributed by atoms with Crippen LogP contribution >= 0.6 is 0 Å². The lowest BCUT2D eigenvalue weighted by atomic mass is 9.76. The summed E-state index contributed by atoms with van der Waals surface area (Å²) in [6, 6.07) is 5.46. The van der Waals surface area contributed by atoms with Crippen LogP contribution in [0.25, 0.3) is 6.08 Å². The van der Waals surface area contributed by atoms with Crippen LogP contribution < -0.4 is 4.90 Å². The normalized spacial score (nSPS) is 19.1. The van der Waals surface area contributed by atoms with Crippen LogP contribution in [-0.2, 0) is 38.1 Å². The number of benzene rings is 1. The average Bonchev–Trinajstić information content (AvgIpc) is 2.80. The summed E-state index contributed by atoms with van der Waals surface area (Å²) < 4.78 is 19.7. The Morgan fingerprint density at radius 3 is 1.94 bits per heavy atom. The first-order valence-corrected chi connectivity index (χ1v) is 9.59. The number of rotatable bonds is 4. The van der Waals surface area contributed by atoms with E-state index in [1.54, 1.807) is 25.1 Å². The second kappa shape index (κ2) is 8.33. The number of nitrogens with zero attached hydrogens (tertiary/aromatic N) is 1. The molecule has 1 atom stereocenters. The highest BCUT2D eigenvalue weighted by molar-refractivity contribution is 6.19. The molecule has 0 aliphatic carbocycles. The Morgan fingerprint density at radius 1 is 0.812 bits per heavy atom. The maximum absolute atomic E-state index is 13.0. The SMILES string of the molecule is COC(=O)C1=C(C(=O)OC)N2c3ccc(C)cc3C=C[C@@]2(C)C(C(=O)OC)=C1C(=O)OC. The number of aryl methyl sites for hydroxylation is 1. The molecule has 1 aromatic rings. The molecule has 0 saturated heterocycles. The van der Waals surface area contributed by atoms with Crippen molar-refractivity contribution in [2.75, 3.05) is 33.3 Å². The van der Waals surface area contributed by atoms with E-state index in [-0.39, 0.29) is 11.3 Å². The summed E-state index contributed by atoms with van der Waals surface area (Å²) in [4.78, 5) is 53.3. The fourth-order valence-corrected chi connectivity index (χ4v) is 4.05. The minimum atomic E-state index is -1.39. The summed E-state index contributed by atoms with van der Waals surface area (Å²) in [5, 5.41) is 0. The zero-order chi connectivity index (χ0) is 23.8. The molecule has 0 radical (unpaired) electrons. The van der Waals surface area contributed by atoms with Crippen molar-refractivity contribution in [1.29, 1.82) is 0 Å². The zero-order valence-electron chi connectivity index (χ0n) is 18.6. The zero-order valence-corrected chi connectivity index (χ0v) is 18.6. The first-order valence-electron chi connectivity index (χ1n) is 9.59. The molecule has 0 spiro atoms. The van der Waals surface area contributed by atoms with E-state index in [9.17, 15) is 19.2 Å². The van der Waals surface area contributed by atoms with E-state index in [0.29, 0.717) is 5.69 Å². The topological polar surface area (TPSA) is 108 Å². The van der Waals surface area contributed by atoms with E-state index in [1.807, 2.05) is 19.1 Å². The van der Waals surface area contributed by atoms with Crippen molar-refractivity contribution in [3.8, 4) is 0 Å². The smallest absolute Gasteiger partial charge is 0.355 e. The summed E-state index contributed by atoms with van der Waals surface area (Å²) in [5.74, 6) is -3.79. The predicted octanol–water partition coefficient (Wildman–Crippen LogP) is 1.84. The number of ether oxygens (including phenoxy) is 4. The van der Waals surface area contributed by atoms with Gasteiger partial charge in [-0.2, -0.15) is 0 Å². The van der Waals surface area contributed by atoms with Crippen LogP contribution in [0.5, 0.6) is 0 Å². The summed E-state index contributed by atoms with van der Waals surface area (Å²) in [7, 11) is 4.49. The van der Waals surface area contributed by atoms with Gasteiger partial charge in [0.1, 0.15) is 11.3 Å². The molecule has 2 aliphatic rings. The molecule has 9 heteroatoms. The Bertz CT molecular complexity index is 1130. The third kappa shape index (κ3) is 3.26. The van der Waals surface area contributed by atoms with E-state index < -0.39 is 40.6 Å². The molecular weight excluding hydrogens is 418 g/mol. The summed E-state index contributed by atoms with van der Waals surface area (Å²) in [6.45, 7) is 3.53. The van der Waals surface area contributed by atoms with Gasteiger partial charge in [0.25, 0.3) is 0 Å². The predicted molar refractivity (Wildman–Crippen MR) is 113 cm³/mol. The van der Waals surface area contributed by atoms with Gasteiger partial charge in [0.15, 0.2) is 0 Å². The molecule has 1 aromatic carbocycles. The number of methoxy groups -OCH3 is 4. The highest BCUT2D eigenvalue weighted by Crippen LogP contribution is 2.48. The lowest BCUT2D eigenvalue weighted by Crippen LogP contribution is -2.55. The van der Waals surface area contributed by atoms with Gasteiger partial charge in [0.2, 0.25) is 0 Å². The van der Waals surface area contributed by atoms with Crippen LogP contribution in [0.2, 0.25) is 0 Å². The average molecular weight is 441 g/mol. The molecule has 0 N–H and O–H groups in total. The van der Waals surface area contributed by atoms with Gasteiger partial charge in [-0.3, -0.25) is 0 Å². The van der Waals surface area contributed by atoms with E-state index in [1.165, 1.54) is 4.90 Å². The first kappa shape index (κ1) is 22.8. The largest absolute Gasteiger partial charge is 0.466 e. The second-order valence-corrected chi connectivity index (χ2v) is 7.32. The van der Waals surface area contributed by atoms with E-state index in [4.69, 9.17) is 18.9 Å². The van der Waals surface area contributed by atoms with Gasteiger partial charge in [-0.05, 0) is 31.5 Å². The number of hydrogen-bond donors (Lipinski definition) is 0. The van der Waals surface area contributed by atoms with Crippen LogP contribution in [0.1, 0.15) is 18.1 Å². The summed E-state index contributed by atoms with van der Waals surface area (Å²) in [5.41, 5.74) is -0.487. The highest BCUT2D eigenvalue weighted by atomic mass is 16.5. The molecular formula is C23H23NO8. The van der Waals surface area contributed by atoms with Crippen LogP contribution in [0.3, 0.4) is 0 Å². The number of carbonyl (C=O) groups excluding carboxylic acids is 4. The fourth-order valence-electron chi connectivity index (χ4n) is 4.05. The standard InChI is InChI=1S/C23H23NO8/c1-12-7-8-14-13(11-12)9-10-23(2)17(21(27)31-5)15(19(25)29-3)16(20(26)30-4)18(24(14)23)22(28)32-6/h7-11H,1-6H3/t23-/m0/s1. The Hall–Kier alpha value is -3.88. The van der Waals surface area contributed by atoms with Crippen molar-refractivity contribution in [3.05, 3.63) is 57.8 Å². The maximum atomic E-state index is 13.0. The van der Waals surface area contributed by atoms with E-state index in [0.717, 1.165) is 39.6 Å². The fraction of sp³-hybridized carbons (Fsp3) is 0.304. The molecule has 9 nitrogen and oxygen atoms in total. The number of anilines is 1. The Kier molecular flexibility index (Phi) is 5.94. The lowest BCUT2D eigenvalue weighted by molar-refractivity contribution is -0.142. The van der Waals surface area contributed by atoms with Crippen molar-refractivity contribution >= 4 is 35.6 Å². The van der Waals surface area contributed by atoms with Crippen LogP contribution in [-0.4, -0.2) is 57.9 Å². The summed E-state index contributed by atoms with van der Waals surface area (Å²) in [6.07, 6.45) is 3.43. The van der Waals surface area contributed by atoms with Crippen molar-refractivity contribution in [1.82, 2.24) is 0 Å². The van der Waals surface area contributed by atoms with E-state index in [2.05, 4.69) is 0 Å². The van der Waals surface area contributed by atoms with Gasteiger partial charge in [-0.25, -0.2) is 19.2 Å². The molecule has 32 heavy (non-hydrogen) atoms. The van der Waals surface area contributed by atoms with Crippen molar-refractivity contribution < 1.29 is 38.1 Å². The molecule has 2 heterocycles. The highest BCUT2D eigenvalue weighted by Gasteiger charge is 2.53. The number of fused-ring (bicyclic) bond motifs is 3. The quantitative estimate of drug-likeness (QED) is 0.511. The van der Waals surface area contributed by atoms with Gasteiger partial charge >= 0.3 is 23.9 Å². The van der Waals surface area contributed by atoms with Crippen molar-refractivity contribution in [3.63, 3.8) is 0 Å². The molecule has 2 aliphatic heterocycles. The van der Waals surface area contributed by atoms with Gasteiger partial charge in [0.05, 0.1) is 45.1 Å². The van der Waals surface area contributed by atoms with E-state index >= 15 is 0 Å². The van der Waals surface area contributed by atoms with Gasteiger partial charge < -0.3 is 23.8 Å². The van der Waals surface area contributed by atoms with Gasteiger partial charge in [-0.1, -0.05) is 23.8 Å². The Labute approximate surface area is 184 Å². The van der Waals surface area contributed by atoms with Gasteiger partial charge in [0, 0.05) is 5.69 Å². The molecule has 0 aromatic heterocycles. The third-order valence-corrected chi connectivity index (χ3v) is 5.49. The Balaban J connectivity index is 2.57. The molecule has 3 rings (SSSR count). The van der Waals surface area contributed by atoms with Gasteiger partial charge in [-0.15, -0.1) is 0 Å². The van der Waals surface area contributed by atoms with Crippen molar-refractivity contribution in [2.45, 2.75) is 19.4 Å². The maximum Gasteiger partial charge on any atom is 0.355 e. The molecule has 0 unspecified atom stereocenters. The summed E-state index contributed by atoms with van der Waals surface area (Å²) >= 11 is 0. The monoisotopic (exact) mass is 441 g/mol. The third-order valence-electron chi connectivity index (χ3n) is 5.49. The lowest BCUT2D eigenvalue weighted by Gasteiger charge is -2.48. The molecule has 0 fully saturated rings. The van der Waals surface area contributed by atoms with Crippen LogP contribution in [0, 0.1) is 6.92 Å². The van der Waals surface area contributed by atoms with Crippen molar-refractivity contribution in [2.24, 2.45) is 0 Å². The minimum Gasteiger partial charge on any atom is -0.466 e. The molecule has 168 valence electrons. The minimum absolute atomic E-state index is 0.178. The van der Waals surface area contributed by atoms with Crippen LogP contribution in [0.15, 0.2) is 46.7 Å².